The number of ether oxygens (including phenoxy) is 5. The Hall–Kier alpha value is -5.82. The number of hydrogen-bond donors (Lipinski definition) is 1. The van der Waals surface area contributed by atoms with E-state index in [0.717, 1.165) is 71.8 Å². The largest absolute Gasteiger partial charge is 0.743 e. The molecule has 4 bridgehead atoms. The molecule has 4 aromatic rings. The molecule has 15 nitrogen and oxygen atoms in total. The van der Waals surface area contributed by atoms with E-state index >= 15 is 0 Å². The van der Waals surface area contributed by atoms with E-state index in [4.69, 9.17) is 14.2 Å². The lowest BCUT2D eigenvalue weighted by Crippen LogP contribution is -2.47. The Labute approximate surface area is 472 Å². The van der Waals surface area contributed by atoms with Crippen LogP contribution >= 0.6 is 10.5 Å². The normalized spacial score (nSPS) is 24.4. The van der Waals surface area contributed by atoms with Crippen LogP contribution in [-0.2, 0) is 62.6 Å². The first kappa shape index (κ1) is 65.3. The molecular formula is C58H67F7O15S2. The van der Waals surface area contributed by atoms with Gasteiger partial charge in [0.05, 0.1) is 31.8 Å². The molecule has 2 heterocycles. The van der Waals surface area contributed by atoms with Gasteiger partial charge >= 0.3 is 41.2 Å². The van der Waals surface area contributed by atoms with E-state index in [-0.39, 0.29) is 63.8 Å². The molecule has 5 aliphatic carbocycles. The lowest BCUT2D eigenvalue weighted by atomic mass is 9.81. The zero-order valence-electron chi connectivity index (χ0n) is 45.9. The van der Waals surface area contributed by atoms with Crippen LogP contribution in [0.4, 0.5) is 30.7 Å². The number of halogens is 7. The monoisotopic (exact) mass is 1200 g/mol. The molecule has 6 aliphatic rings. The Morgan fingerprint density at radius 2 is 1.35 bits per heavy atom. The second-order valence-corrected chi connectivity index (χ2v) is 25.4. The van der Waals surface area contributed by atoms with E-state index in [1.165, 1.54) is 45.3 Å². The summed E-state index contributed by atoms with van der Waals surface area (Å²) in [7, 11) is -5.42. The molecule has 9 unspecified atom stereocenters. The molecule has 82 heavy (non-hydrogen) atoms. The number of thiophene rings is 1. The number of alkyl halides is 7. The van der Waals surface area contributed by atoms with Gasteiger partial charge in [0, 0.05) is 53.3 Å². The number of esters is 4. The van der Waals surface area contributed by atoms with Crippen molar-refractivity contribution in [2.45, 2.75) is 146 Å². The molecular weight excluding hydrogens is 1130 g/mol. The molecule has 0 radical (unpaired) electrons. The lowest BCUT2D eigenvalue weighted by molar-refractivity contribution is -0.259. The lowest BCUT2D eigenvalue weighted by Gasteiger charge is -2.32. The molecule has 6 fully saturated rings. The molecule has 1 aromatic heterocycles. The van der Waals surface area contributed by atoms with Crippen molar-refractivity contribution in [3.05, 3.63) is 91.0 Å². The Bertz CT molecular complexity index is 3030. The highest BCUT2D eigenvalue weighted by molar-refractivity contribution is 7.86. The maximum atomic E-state index is 12.9. The van der Waals surface area contributed by atoms with Gasteiger partial charge in [-0.05, 0) is 132 Å². The van der Waals surface area contributed by atoms with E-state index in [1.54, 1.807) is 0 Å². The van der Waals surface area contributed by atoms with Crippen LogP contribution in [0.5, 0.6) is 0 Å². The summed E-state index contributed by atoms with van der Waals surface area (Å²) in [4.78, 5) is 67.2. The first-order valence-electron chi connectivity index (χ1n) is 26.7. The number of rotatable bonds is 15. The molecule has 0 amide bonds. The number of carbonyl (C=O) groups is 6. The van der Waals surface area contributed by atoms with Crippen molar-refractivity contribution in [3.63, 3.8) is 0 Å². The van der Waals surface area contributed by atoms with Crippen LogP contribution < -0.4 is 0 Å². The molecule has 3 aromatic carbocycles. The van der Waals surface area contributed by atoms with Gasteiger partial charge < -0.3 is 33.3 Å². The van der Waals surface area contributed by atoms with Crippen LogP contribution in [0.2, 0.25) is 0 Å². The van der Waals surface area contributed by atoms with Crippen molar-refractivity contribution in [2.24, 2.45) is 35.5 Å². The standard InChI is InChI=1S/C18H13S.C11H17F3O.C11H12O5.C9H12F4O6S.C9H14O3/c1-2-8-14(9-3-1)19-17-12-6-4-10-15(17)16-11-5-7-13-18(16)19;1-10(15,11(12,13)14)6-9-5-7-2-3-8(9)4-7;1-4(12)10(13)15-8-5-2-6-7(3-5)11(14)16-9(6)8;1-6(7(14)18-2)5-19-4-3-8(10,11)9(12,13)20(15,16)17;1-7(10)8(11)12-9(2)5-3-4-6-9/h1-13H;7-9,15H,2-6H2,1H3;5-9H,2-3H2,1H3;1,3-5H2,2H3,(H,15,16,17);3-6H2,1-2H3/q+1;;;;/p-1. The van der Waals surface area contributed by atoms with Gasteiger partial charge in [-0.15, -0.1) is 0 Å². The highest BCUT2D eigenvalue weighted by Gasteiger charge is 2.64. The molecule has 5 saturated carbocycles. The van der Waals surface area contributed by atoms with Gasteiger partial charge in [0.1, 0.15) is 17.8 Å². The minimum absolute atomic E-state index is 0.00211. The predicted octanol–water partition coefficient (Wildman–Crippen LogP) is 11.3. The molecule has 1 N–H and O–H groups in total. The quantitative estimate of drug-likeness (QED) is 0.0171. The molecule has 24 heteroatoms. The summed E-state index contributed by atoms with van der Waals surface area (Å²) in [6, 6.07) is 28.4. The maximum absolute atomic E-state index is 12.9. The molecule has 9 atom stereocenters. The van der Waals surface area contributed by atoms with Crippen LogP contribution in [0, 0.1) is 35.5 Å². The summed E-state index contributed by atoms with van der Waals surface area (Å²) in [5, 5.41) is 6.45. The molecule has 1 aliphatic heterocycles. The number of aliphatic hydroxyl groups is 1. The number of carbonyl (C=O) groups excluding carboxylic acids is 6. The van der Waals surface area contributed by atoms with Crippen LogP contribution in [0.1, 0.15) is 105 Å². The fourth-order valence-electron chi connectivity index (χ4n) is 11.6. The van der Waals surface area contributed by atoms with Gasteiger partial charge in [-0.25, -0.2) is 22.8 Å². The zero-order chi connectivity index (χ0) is 60.8. The molecule has 1 saturated heterocycles. The van der Waals surface area contributed by atoms with Crippen molar-refractivity contribution >= 4 is 76.2 Å². The van der Waals surface area contributed by atoms with Gasteiger partial charge in [0.15, 0.2) is 30.0 Å². The zero-order valence-corrected chi connectivity index (χ0v) is 47.5. The van der Waals surface area contributed by atoms with Crippen molar-refractivity contribution in [3.8, 4) is 4.90 Å². The summed E-state index contributed by atoms with van der Waals surface area (Å²) in [5.74, 6) is -7.25. The van der Waals surface area contributed by atoms with Crippen LogP contribution in [-0.4, -0.2) is 115 Å². The second-order valence-electron chi connectivity index (χ2n) is 22.0. The fourth-order valence-corrected chi connectivity index (χ4v) is 14.5. The molecule has 450 valence electrons. The Kier molecular flexibility index (Phi) is 21.0. The number of hydrogen-bond acceptors (Lipinski definition) is 15. The Morgan fingerprint density at radius 1 is 0.793 bits per heavy atom. The van der Waals surface area contributed by atoms with Crippen molar-refractivity contribution < 1.29 is 101 Å². The van der Waals surface area contributed by atoms with E-state index in [1.807, 2.05) is 6.92 Å². The Balaban J connectivity index is 0.000000166. The van der Waals surface area contributed by atoms with Crippen molar-refractivity contribution in [1.82, 2.24) is 0 Å². The maximum Gasteiger partial charge on any atom is 0.416 e. The second kappa shape index (κ2) is 26.4. The first-order valence-corrected chi connectivity index (χ1v) is 29.3. The van der Waals surface area contributed by atoms with Crippen molar-refractivity contribution in [1.29, 1.82) is 0 Å². The summed E-state index contributed by atoms with van der Waals surface area (Å²) in [6.07, 6.45) is 2.70. The van der Waals surface area contributed by atoms with Gasteiger partial charge in [-0.3, -0.25) is 14.4 Å². The molecule has 0 spiro atoms. The third-order valence-corrected chi connectivity index (χ3v) is 19.2. The minimum atomic E-state index is -6.51. The van der Waals surface area contributed by atoms with Gasteiger partial charge in [-0.2, -0.15) is 30.7 Å². The number of ketones is 2. The van der Waals surface area contributed by atoms with Crippen LogP contribution in [0.3, 0.4) is 0 Å². The summed E-state index contributed by atoms with van der Waals surface area (Å²) in [5.41, 5.74) is -3.12. The predicted molar refractivity (Wildman–Crippen MR) is 285 cm³/mol. The number of fused-ring (bicyclic) bond motifs is 6. The van der Waals surface area contributed by atoms with Gasteiger partial charge in [0.2, 0.25) is 11.6 Å². The highest BCUT2D eigenvalue weighted by atomic mass is 32.2. The average Bonchev–Trinajstić information content (AvgIpc) is 4.49. The molecule has 10 rings (SSSR count). The summed E-state index contributed by atoms with van der Waals surface area (Å²) >= 11 is 0. The van der Waals surface area contributed by atoms with E-state index in [2.05, 4.69) is 94.9 Å². The van der Waals surface area contributed by atoms with Gasteiger partial charge in [-0.1, -0.05) is 55.5 Å². The number of benzene rings is 3. The smallest absolute Gasteiger partial charge is 0.416 e. The van der Waals surface area contributed by atoms with E-state index in [9.17, 15) is 77.6 Å². The minimum Gasteiger partial charge on any atom is -0.743 e. The van der Waals surface area contributed by atoms with E-state index in [0.29, 0.717) is 11.8 Å². The third kappa shape index (κ3) is 15.3. The SMILES string of the molecule is C=C(COCCC(F)(F)C(F)(F)S(=O)(=O)[O-])C(=O)OC.CC(=O)C(=O)OC1(C)CCCC1.CC(=O)C(=O)OC1C2CC3C(=O)OC1C3C2.CC(O)(CC1CC2CCC1C2)C(F)(F)F.c1ccc(-[s+]2c3ccccc3c3ccccc32)cc1. The van der Waals surface area contributed by atoms with E-state index < -0.39 is 88.3 Å². The average molecular weight is 1200 g/mol. The first-order chi connectivity index (χ1) is 38.2. The summed E-state index contributed by atoms with van der Waals surface area (Å²) in [6.45, 7) is 6.78. The number of methoxy groups -OCH3 is 1. The van der Waals surface area contributed by atoms with Crippen LogP contribution in [0.25, 0.3) is 25.1 Å². The van der Waals surface area contributed by atoms with Crippen molar-refractivity contribution in [2.75, 3.05) is 20.3 Å². The summed E-state index contributed by atoms with van der Waals surface area (Å²) < 4.78 is 146. The third-order valence-electron chi connectivity index (χ3n) is 15.9. The highest BCUT2D eigenvalue weighted by Crippen LogP contribution is 2.56. The Morgan fingerprint density at radius 3 is 1.85 bits per heavy atom. The fraction of sp³-hybridized carbons (Fsp3) is 0.552. The van der Waals surface area contributed by atoms with Gasteiger partial charge in [0.25, 0.3) is 0 Å². The van der Waals surface area contributed by atoms with Crippen LogP contribution in [0.15, 0.2) is 91.0 Å². The topological polar surface area (TPSA) is 226 Å². The number of Topliss-reactive ketones (excluding diaryl/α,β-unsaturated/α-hetero) is 2.